The van der Waals surface area contributed by atoms with Gasteiger partial charge in [-0.3, -0.25) is 0 Å². The second kappa shape index (κ2) is 10.3. The Bertz CT molecular complexity index is 659. The van der Waals surface area contributed by atoms with Gasteiger partial charge in [-0.2, -0.15) is 13.2 Å². The molecule has 8 heteroatoms. The number of nitrogens with one attached hydrogen (secondary N) is 2. The Labute approximate surface area is 170 Å². The van der Waals surface area contributed by atoms with Gasteiger partial charge in [-0.05, 0) is 49.8 Å². The van der Waals surface area contributed by atoms with E-state index in [0.29, 0.717) is 18.0 Å². The first-order valence-electron chi connectivity index (χ1n) is 10.4. The van der Waals surface area contributed by atoms with Crippen LogP contribution in [0.4, 0.5) is 13.2 Å². The summed E-state index contributed by atoms with van der Waals surface area (Å²) in [5.41, 5.74) is 1.72. The lowest BCUT2D eigenvalue weighted by atomic mass is 10.1. The number of guanidine groups is 1. The average Bonchev–Trinajstić information content (AvgIpc) is 3.42. The minimum Gasteiger partial charge on any atom is -0.367 e. The molecule has 2 N–H and O–H groups in total. The summed E-state index contributed by atoms with van der Waals surface area (Å²) in [5, 5.41) is 6.73. The maximum Gasteiger partial charge on any atom is 0.411 e. The van der Waals surface area contributed by atoms with E-state index in [1.54, 1.807) is 12.1 Å². The molecule has 1 aromatic carbocycles. The van der Waals surface area contributed by atoms with Crippen LogP contribution in [0.3, 0.4) is 0 Å². The highest BCUT2D eigenvalue weighted by molar-refractivity contribution is 5.79. The largest absolute Gasteiger partial charge is 0.411 e. The molecule has 1 heterocycles. The highest BCUT2D eigenvalue weighted by Crippen LogP contribution is 2.31. The van der Waals surface area contributed by atoms with E-state index in [1.807, 2.05) is 19.1 Å². The summed E-state index contributed by atoms with van der Waals surface area (Å²) in [4.78, 5) is 7.24. The highest BCUT2D eigenvalue weighted by atomic mass is 19.4. The maximum atomic E-state index is 12.1. The fourth-order valence-electron chi connectivity index (χ4n) is 3.58. The fraction of sp³-hybridized carbons (Fsp3) is 0.667. The molecule has 0 bridgehead atoms. The lowest BCUT2D eigenvalue weighted by Crippen LogP contribution is -2.40. The molecular formula is C21H31F3N4O. The molecule has 2 aliphatic rings. The van der Waals surface area contributed by atoms with Gasteiger partial charge in [0, 0.05) is 25.7 Å². The topological polar surface area (TPSA) is 48.9 Å². The van der Waals surface area contributed by atoms with E-state index in [4.69, 9.17) is 0 Å². The molecule has 0 aromatic heterocycles. The summed E-state index contributed by atoms with van der Waals surface area (Å²) < 4.78 is 41.1. The number of nitrogens with zero attached hydrogens (tertiary/aromatic N) is 2. The van der Waals surface area contributed by atoms with Crippen molar-refractivity contribution in [2.24, 2.45) is 10.9 Å². The summed E-state index contributed by atoms with van der Waals surface area (Å²) in [6.45, 7) is 5.38. The Morgan fingerprint density at radius 3 is 2.52 bits per heavy atom. The number of likely N-dealkylation sites (tertiary alicyclic amines) is 1. The minimum atomic E-state index is -4.29. The monoisotopic (exact) mass is 412 g/mol. The van der Waals surface area contributed by atoms with E-state index in [2.05, 4.69) is 25.3 Å². The molecule has 1 saturated carbocycles. The van der Waals surface area contributed by atoms with Gasteiger partial charge in [-0.15, -0.1) is 0 Å². The Morgan fingerprint density at radius 1 is 1.14 bits per heavy atom. The Morgan fingerprint density at radius 2 is 1.86 bits per heavy atom. The van der Waals surface area contributed by atoms with E-state index < -0.39 is 12.8 Å². The Kier molecular flexibility index (Phi) is 7.77. The molecule has 0 amide bonds. The molecule has 1 saturated heterocycles. The third-order valence-electron chi connectivity index (χ3n) is 5.26. The molecule has 5 nitrogen and oxygen atoms in total. The van der Waals surface area contributed by atoms with Crippen molar-refractivity contribution < 1.29 is 17.9 Å². The van der Waals surface area contributed by atoms with Gasteiger partial charge in [0.05, 0.1) is 13.2 Å². The van der Waals surface area contributed by atoms with E-state index >= 15 is 0 Å². The Balaban J connectivity index is 1.42. The summed E-state index contributed by atoms with van der Waals surface area (Å²) in [6, 6.07) is 8.16. The number of halogens is 3. The van der Waals surface area contributed by atoms with Crippen molar-refractivity contribution >= 4 is 5.96 Å². The van der Waals surface area contributed by atoms with Crippen LogP contribution in [-0.2, 0) is 17.9 Å². The molecule has 0 spiro atoms. The zero-order valence-corrected chi connectivity index (χ0v) is 17.0. The summed E-state index contributed by atoms with van der Waals surface area (Å²) >= 11 is 0. The second-order valence-corrected chi connectivity index (χ2v) is 7.88. The summed E-state index contributed by atoms with van der Waals surface area (Å²) in [6.07, 6.45) is -0.339. The van der Waals surface area contributed by atoms with Crippen LogP contribution >= 0.6 is 0 Å². The normalized spacial score (nSPS) is 20.8. The number of alkyl halides is 3. The Hall–Kier alpha value is -1.80. The smallest absolute Gasteiger partial charge is 0.367 e. The van der Waals surface area contributed by atoms with E-state index in [0.717, 1.165) is 30.7 Å². The van der Waals surface area contributed by atoms with Crippen molar-refractivity contribution in [3.63, 3.8) is 0 Å². The van der Waals surface area contributed by atoms with Crippen molar-refractivity contribution in [1.29, 1.82) is 0 Å². The first kappa shape index (κ1) is 21.9. The summed E-state index contributed by atoms with van der Waals surface area (Å²) in [7, 11) is 0. The van der Waals surface area contributed by atoms with Crippen LogP contribution in [0, 0.1) is 5.92 Å². The number of hydrogen-bond donors (Lipinski definition) is 2. The van der Waals surface area contributed by atoms with E-state index in [-0.39, 0.29) is 6.61 Å². The first-order chi connectivity index (χ1) is 13.9. The van der Waals surface area contributed by atoms with Crippen molar-refractivity contribution in [1.82, 2.24) is 15.5 Å². The number of hydrogen-bond acceptors (Lipinski definition) is 3. The second-order valence-electron chi connectivity index (χ2n) is 7.88. The van der Waals surface area contributed by atoms with Crippen molar-refractivity contribution in [2.45, 2.75) is 51.6 Å². The van der Waals surface area contributed by atoms with Gasteiger partial charge in [0.2, 0.25) is 0 Å². The predicted octanol–water partition coefficient (Wildman–Crippen LogP) is 3.30. The van der Waals surface area contributed by atoms with Crippen LogP contribution in [0.15, 0.2) is 29.3 Å². The lowest BCUT2D eigenvalue weighted by molar-refractivity contribution is -0.176. The standard InChI is InChI=1S/C21H31F3N4O/c1-2-25-20(27-12-18-9-10-28(13-18)19-7-8-19)26-11-16-3-5-17(6-4-16)14-29-15-21(22,23)24/h3-6,18-19H,2,7-15H2,1H3,(H2,25,26,27). The molecule has 162 valence electrons. The zero-order valence-electron chi connectivity index (χ0n) is 17.0. The predicted molar refractivity (Wildman–Crippen MR) is 108 cm³/mol. The number of aliphatic imine (C=N–C) groups is 1. The van der Waals surface area contributed by atoms with Crippen LogP contribution in [-0.4, -0.2) is 55.9 Å². The van der Waals surface area contributed by atoms with E-state index in [9.17, 15) is 13.2 Å². The van der Waals surface area contributed by atoms with Gasteiger partial charge in [-0.1, -0.05) is 24.3 Å². The molecule has 1 aliphatic carbocycles. The highest BCUT2D eigenvalue weighted by Gasteiger charge is 2.34. The van der Waals surface area contributed by atoms with Crippen molar-refractivity contribution in [3.8, 4) is 0 Å². The van der Waals surface area contributed by atoms with Crippen LogP contribution in [0.25, 0.3) is 0 Å². The van der Waals surface area contributed by atoms with Gasteiger partial charge >= 0.3 is 6.18 Å². The van der Waals surface area contributed by atoms with Crippen LogP contribution < -0.4 is 10.6 Å². The summed E-state index contributed by atoms with van der Waals surface area (Å²) in [5.74, 6) is 1.46. The van der Waals surface area contributed by atoms with Gasteiger partial charge in [0.25, 0.3) is 0 Å². The third-order valence-corrected chi connectivity index (χ3v) is 5.26. The van der Waals surface area contributed by atoms with Gasteiger partial charge in [0.1, 0.15) is 6.61 Å². The molecule has 1 unspecified atom stereocenters. The van der Waals surface area contributed by atoms with Gasteiger partial charge in [0.15, 0.2) is 5.96 Å². The molecule has 29 heavy (non-hydrogen) atoms. The van der Waals surface area contributed by atoms with Gasteiger partial charge < -0.3 is 20.3 Å². The third kappa shape index (κ3) is 7.85. The quantitative estimate of drug-likeness (QED) is 0.483. The van der Waals surface area contributed by atoms with Crippen LogP contribution in [0.2, 0.25) is 0 Å². The minimum absolute atomic E-state index is 0.0491. The van der Waals surface area contributed by atoms with Crippen molar-refractivity contribution in [2.75, 3.05) is 32.8 Å². The molecule has 1 aromatic rings. The first-order valence-corrected chi connectivity index (χ1v) is 10.4. The maximum absolute atomic E-state index is 12.1. The van der Waals surface area contributed by atoms with Crippen LogP contribution in [0.1, 0.15) is 37.3 Å². The van der Waals surface area contributed by atoms with E-state index in [1.165, 1.54) is 32.4 Å². The molecule has 0 radical (unpaired) electrons. The molecular weight excluding hydrogens is 381 g/mol. The SMILES string of the molecule is CCNC(=NCc1ccc(COCC(F)(F)F)cc1)NCC1CCN(C2CC2)C1. The molecule has 2 fully saturated rings. The number of rotatable bonds is 9. The van der Waals surface area contributed by atoms with Crippen LogP contribution in [0.5, 0.6) is 0 Å². The van der Waals surface area contributed by atoms with Gasteiger partial charge in [-0.25, -0.2) is 4.99 Å². The number of ether oxygens (including phenoxy) is 1. The molecule has 1 atom stereocenters. The zero-order chi connectivity index (χ0) is 20.7. The van der Waals surface area contributed by atoms with Crippen molar-refractivity contribution in [3.05, 3.63) is 35.4 Å². The molecule has 3 rings (SSSR count). The molecule has 1 aliphatic heterocycles. The number of benzene rings is 1. The average molecular weight is 413 g/mol. The lowest BCUT2D eigenvalue weighted by Gasteiger charge is -2.17. The fourth-order valence-corrected chi connectivity index (χ4v) is 3.58.